The fraction of sp³-hybridized carbons (Fsp3) is 0.545. The van der Waals surface area contributed by atoms with Crippen molar-refractivity contribution in [2.75, 3.05) is 6.54 Å². The molecule has 98 valence electrons. The molecule has 2 unspecified atom stereocenters. The van der Waals surface area contributed by atoms with E-state index in [1.165, 1.54) is 16.4 Å². The molecular weight excluding hydrogens is 270 g/mol. The second-order valence-corrected chi connectivity index (χ2v) is 7.66. The van der Waals surface area contributed by atoms with E-state index >= 15 is 0 Å². The Morgan fingerprint density at radius 2 is 2.28 bits per heavy atom. The normalized spacial score (nSPS) is 25.8. The number of rotatable bonds is 2. The van der Waals surface area contributed by atoms with Gasteiger partial charge < -0.3 is 5.73 Å². The van der Waals surface area contributed by atoms with E-state index in [1.807, 2.05) is 13.0 Å². The molecule has 1 saturated heterocycles. The average molecular weight is 285 g/mol. The summed E-state index contributed by atoms with van der Waals surface area (Å²) in [5.74, 6) is 0.156. The maximum atomic E-state index is 12.4. The van der Waals surface area contributed by atoms with Crippen LogP contribution in [-0.4, -0.2) is 25.4 Å². The van der Waals surface area contributed by atoms with Crippen LogP contribution in [0.2, 0.25) is 0 Å². The van der Waals surface area contributed by atoms with Crippen LogP contribution in [0.4, 0.5) is 0 Å². The number of hydrogen-bond acceptors (Lipinski definition) is 5. The van der Waals surface area contributed by atoms with E-state index in [2.05, 4.69) is 0 Å². The van der Waals surface area contributed by atoms with Gasteiger partial charge in [-0.25, -0.2) is 8.42 Å². The predicted molar refractivity (Wildman–Crippen MR) is 69.3 cm³/mol. The predicted octanol–water partition coefficient (Wildman–Crippen LogP) is 1.33. The molecule has 0 radical (unpaired) electrons. The molecule has 1 aromatic heterocycles. The molecule has 0 spiro atoms. The zero-order valence-corrected chi connectivity index (χ0v) is 11.7. The number of piperidine rings is 1. The largest absolute Gasteiger partial charge is 0.315 e. The number of thiophene rings is 1. The van der Waals surface area contributed by atoms with Crippen molar-refractivity contribution in [1.82, 2.24) is 4.31 Å². The van der Waals surface area contributed by atoms with Crippen LogP contribution < -0.4 is 5.73 Å². The van der Waals surface area contributed by atoms with E-state index < -0.39 is 16.2 Å². The van der Waals surface area contributed by atoms with Crippen molar-refractivity contribution in [1.29, 1.82) is 5.26 Å². The molecule has 0 bridgehead atoms. The van der Waals surface area contributed by atoms with Crippen LogP contribution in [-0.2, 0) is 10.0 Å². The van der Waals surface area contributed by atoms with E-state index in [0.717, 1.165) is 24.2 Å². The molecule has 2 rings (SSSR count). The van der Waals surface area contributed by atoms with Gasteiger partial charge in [-0.05, 0) is 30.9 Å². The van der Waals surface area contributed by atoms with Gasteiger partial charge in [0.05, 0.1) is 6.17 Å². The number of hydrogen-bond donors (Lipinski definition) is 1. The molecular formula is C11H15N3O2S2. The minimum atomic E-state index is -3.56. The zero-order chi connectivity index (χ0) is 13.3. The Morgan fingerprint density at radius 1 is 1.56 bits per heavy atom. The van der Waals surface area contributed by atoms with Crippen molar-refractivity contribution in [3.8, 4) is 6.07 Å². The third-order valence-electron chi connectivity index (χ3n) is 3.21. The third-order valence-corrected chi connectivity index (χ3v) is 6.56. The van der Waals surface area contributed by atoms with Crippen molar-refractivity contribution in [3.63, 3.8) is 0 Å². The van der Waals surface area contributed by atoms with Gasteiger partial charge in [0.15, 0.2) is 0 Å². The summed E-state index contributed by atoms with van der Waals surface area (Å²) in [5, 5.41) is 8.75. The standard InChI is InChI=1S/C11H15N3O2S2/c1-8-3-2-6-14(11(8)13)18(15,16)10-5-4-9(7-12)17-10/h4-5,8,11H,2-3,6,13H2,1H3. The highest BCUT2D eigenvalue weighted by atomic mass is 32.2. The molecule has 2 heterocycles. The summed E-state index contributed by atoms with van der Waals surface area (Å²) in [7, 11) is -3.56. The smallest absolute Gasteiger partial charge is 0.253 e. The lowest BCUT2D eigenvalue weighted by molar-refractivity contribution is 0.192. The summed E-state index contributed by atoms with van der Waals surface area (Å²) >= 11 is 0.990. The van der Waals surface area contributed by atoms with Gasteiger partial charge in [-0.1, -0.05) is 6.92 Å². The van der Waals surface area contributed by atoms with Gasteiger partial charge in [-0.2, -0.15) is 9.57 Å². The van der Waals surface area contributed by atoms with Crippen LogP contribution in [0, 0.1) is 17.2 Å². The Balaban J connectivity index is 2.33. The first-order chi connectivity index (χ1) is 8.46. The molecule has 2 N–H and O–H groups in total. The highest BCUT2D eigenvalue weighted by Gasteiger charge is 2.35. The molecule has 1 aliphatic heterocycles. The van der Waals surface area contributed by atoms with Crippen LogP contribution in [0.3, 0.4) is 0 Å². The number of nitrogens with two attached hydrogens (primary N) is 1. The lowest BCUT2D eigenvalue weighted by Crippen LogP contribution is -2.52. The van der Waals surface area contributed by atoms with Crippen LogP contribution in [0.1, 0.15) is 24.6 Å². The maximum Gasteiger partial charge on any atom is 0.253 e. The van der Waals surface area contributed by atoms with E-state index in [0.29, 0.717) is 11.4 Å². The minimum absolute atomic E-state index is 0.156. The second-order valence-electron chi connectivity index (χ2n) is 4.46. The topological polar surface area (TPSA) is 87.2 Å². The summed E-state index contributed by atoms with van der Waals surface area (Å²) < 4.78 is 26.4. The van der Waals surface area contributed by atoms with Crippen LogP contribution in [0.25, 0.3) is 0 Å². The van der Waals surface area contributed by atoms with Gasteiger partial charge in [-0.15, -0.1) is 11.3 Å². The first kappa shape index (κ1) is 13.5. The van der Waals surface area contributed by atoms with E-state index in [-0.39, 0.29) is 10.1 Å². The number of sulfonamides is 1. The Hall–Kier alpha value is -0.940. The highest BCUT2D eigenvalue weighted by molar-refractivity contribution is 7.91. The molecule has 18 heavy (non-hydrogen) atoms. The minimum Gasteiger partial charge on any atom is -0.315 e. The molecule has 0 saturated carbocycles. The summed E-state index contributed by atoms with van der Waals surface area (Å²) in [6.07, 6.45) is 1.29. The molecule has 0 aliphatic carbocycles. The fourth-order valence-electron chi connectivity index (χ4n) is 2.09. The molecule has 1 aromatic rings. The fourth-order valence-corrected chi connectivity index (χ4v) is 4.97. The molecule has 1 aliphatic rings. The second kappa shape index (κ2) is 4.97. The van der Waals surface area contributed by atoms with Crippen molar-refractivity contribution < 1.29 is 8.42 Å². The van der Waals surface area contributed by atoms with Crippen molar-refractivity contribution >= 4 is 21.4 Å². The van der Waals surface area contributed by atoms with Gasteiger partial charge >= 0.3 is 0 Å². The van der Waals surface area contributed by atoms with Gasteiger partial charge in [0.25, 0.3) is 10.0 Å². The highest BCUT2D eigenvalue weighted by Crippen LogP contribution is 2.29. The summed E-state index contributed by atoms with van der Waals surface area (Å²) in [5.41, 5.74) is 5.97. The lowest BCUT2D eigenvalue weighted by Gasteiger charge is -2.35. The number of nitrogens with zero attached hydrogens (tertiary/aromatic N) is 2. The Morgan fingerprint density at radius 3 is 2.89 bits per heavy atom. The molecule has 1 fully saturated rings. The summed E-state index contributed by atoms with van der Waals surface area (Å²) in [6.45, 7) is 2.41. The van der Waals surface area contributed by atoms with Crippen molar-refractivity contribution in [3.05, 3.63) is 17.0 Å². The average Bonchev–Trinajstić information content (AvgIpc) is 2.81. The Kier molecular flexibility index (Phi) is 3.73. The summed E-state index contributed by atoms with van der Waals surface area (Å²) in [4.78, 5) is 0.396. The van der Waals surface area contributed by atoms with E-state index in [4.69, 9.17) is 11.0 Å². The van der Waals surface area contributed by atoms with Gasteiger partial charge in [0.1, 0.15) is 15.2 Å². The molecule has 5 nitrogen and oxygen atoms in total. The monoisotopic (exact) mass is 285 g/mol. The van der Waals surface area contributed by atoms with Crippen molar-refractivity contribution in [2.45, 2.75) is 30.1 Å². The van der Waals surface area contributed by atoms with Gasteiger partial charge in [0.2, 0.25) is 0 Å². The summed E-state index contributed by atoms with van der Waals surface area (Å²) in [6, 6.07) is 4.95. The third kappa shape index (κ3) is 2.29. The molecule has 7 heteroatoms. The Labute approximate surface area is 111 Å². The first-order valence-electron chi connectivity index (χ1n) is 5.74. The quantitative estimate of drug-likeness (QED) is 0.888. The number of nitriles is 1. The first-order valence-corrected chi connectivity index (χ1v) is 8.00. The zero-order valence-electron chi connectivity index (χ0n) is 10.0. The van der Waals surface area contributed by atoms with Crippen LogP contribution in [0.5, 0.6) is 0 Å². The molecule has 0 amide bonds. The Bertz CT molecular complexity index is 573. The van der Waals surface area contributed by atoms with Gasteiger partial charge in [-0.3, -0.25) is 0 Å². The van der Waals surface area contributed by atoms with Crippen molar-refractivity contribution in [2.24, 2.45) is 11.7 Å². The maximum absolute atomic E-state index is 12.4. The van der Waals surface area contributed by atoms with E-state index in [9.17, 15) is 8.42 Å². The van der Waals surface area contributed by atoms with Crippen LogP contribution in [0.15, 0.2) is 16.3 Å². The van der Waals surface area contributed by atoms with Crippen LogP contribution >= 0.6 is 11.3 Å². The SMILES string of the molecule is CC1CCCN(S(=O)(=O)c2ccc(C#N)s2)C1N. The molecule has 0 aromatic carbocycles. The molecule has 2 atom stereocenters. The lowest BCUT2D eigenvalue weighted by atomic mass is 9.99. The van der Waals surface area contributed by atoms with Gasteiger partial charge in [0, 0.05) is 6.54 Å². The van der Waals surface area contributed by atoms with E-state index in [1.54, 1.807) is 0 Å².